The van der Waals surface area contributed by atoms with E-state index in [0.29, 0.717) is 5.56 Å². The van der Waals surface area contributed by atoms with Crippen molar-refractivity contribution in [2.24, 2.45) is 0 Å². The minimum atomic E-state index is -0.609. The second-order valence-electron chi connectivity index (χ2n) is 5.70. The molecule has 1 amide bonds. The molecule has 0 aliphatic carbocycles. The maximum absolute atomic E-state index is 13.5. The SMILES string of the molecule is O=C(CCC(=O)c1ccccc1F)NCc1nc(-c2ccc(F)cc2)no1. The Hall–Kier alpha value is -3.42. The number of halogens is 2. The number of hydrogen-bond donors (Lipinski definition) is 1. The number of carbonyl (C=O) groups excluding carboxylic acids is 2. The van der Waals surface area contributed by atoms with Crippen LogP contribution in [0, 0.1) is 11.6 Å². The zero-order valence-corrected chi connectivity index (χ0v) is 14.1. The number of benzene rings is 2. The molecule has 0 spiro atoms. The van der Waals surface area contributed by atoms with E-state index in [-0.39, 0.29) is 42.5 Å². The van der Waals surface area contributed by atoms with Crippen molar-refractivity contribution in [3.05, 3.63) is 71.6 Å². The molecule has 1 N–H and O–H groups in total. The van der Waals surface area contributed by atoms with Gasteiger partial charge in [0.05, 0.1) is 12.1 Å². The Morgan fingerprint density at radius 3 is 2.48 bits per heavy atom. The fourth-order valence-corrected chi connectivity index (χ4v) is 2.35. The van der Waals surface area contributed by atoms with E-state index in [1.165, 1.54) is 42.5 Å². The first-order valence-electron chi connectivity index (χ1n) is 8.16. The third-order valence-corrected chi connectivity index (χ3v) is 3.76. The van der Waals surface area contributed by atoms with Crippen molar-refractivity contribution in [3.8, 4) is 11.4 Å². The van der Waals surface area contributed by atoms with Crippen LogP contribution in [0.3, 0.4) is 0 Å². The van der Waals surface area contributed by atoms with Gasteiger partial charge in [-0.15, -0.1) is 0 Å². The van der Waals surface area contributed by atoms with Crippen LogP contribution in [-0.2, 0) is 11.3 Å². The average Bonchev–Trinajstić information content (AvgIpc) is 3.14. The number of nitrogens with zero attached hydrogens (tertiary/aromatic N) is 2. The molecule has 0 unspecified atom stereocenters. The Morgan fingerprint density at radius 2 is 1.74 bits per heavy atom. The van der Waals surface area contributed by atoms with E-state index >= 15 is 0 Å². The van der Waals surface area contributed by atoms with Crippen LogP contribution in [0.2, 0.25) is 0 Å². The highest BCUT2D eigenvalue weighted by atomic mass is 19.1. The predicted molar refractivity (Wildman–Crippen MR) is 91.5 cm³/mol. The van der Waals surface area contributed by atoms with Crippen LogP contribution in [0.25, 0.3) is 11.4 Å². The van der Waals surface area contributed by atoms with Crippen molar-refractivity contribution < 1.29 is 22.9 Å². The molecule has 3 rings (SSSR count). The highest BCUT2D eigenvalue weighted by molar-refractivity contribution is 5.98. The number of amides is 1. The average molecular weight is 371 g/mol. The lowest BCUT2D eigenvalue weighted by atomic mass is 10.1. The number of ketones is 1. The number of nitrogens with one attached hydrogen (secondary N) is 1. The molecule has 138 valence electrons. The van der Waals surface area contributed by atoms with Gasteiger partial charge in [-0.2, -0.15) is 4.98 Å². The van der Waals surface area contributed by atoms with E-state index in [1.54, 1.807) is 6.07 Å². The van der Waals surface area contributed by atoms with Gasteiger partial charge in [0.1, 0.15) is 11.6 Å². The van der Waals surface area contributed by atoms with Gasteiger partial charge in [-0.05, 0) is 36.4 Å². The summed E-state index contributed by atoms with van der Waals surface area (Å²) in [6.45, 7) is -0.0130. The summed E-state index contributed by atoms with van der Waals surface area (Å²) in [6.07, 6.45) is -0.205. The van der Waals surface area contributed by atoms with Crippen LogP contribution in [0.1, 0.15) is 29.1 Å². The Morgan fingerprint density at radius 1 is 1.00 bits per heavy atom. The standard InChI is InChI=1S/C19H15F2N3O3/c20-13-7-5-12(6-8-13)19-23-18(27-24-19)11-22-17(26)10-9-16(25)14-3-1-2-4-15(14)21/h1-8H,9-11H2,(H,22,26). The Balaban J connectivity index is 1.49. The number of aromatic nitrogens is 2. The summed E-state index contributed by atoms with van der Waals surface area (Å²) in [5.74, 6) is -1.39. The van der Waals surface area contributed by atoms with E-state index in [1.807, 2.05) is 0 Å². The van der Waals surface area contributed by atoms with Gasteiger partial charge >= 0.3 is 0 Å². The topological polar surface area (TPSA) is 85.1 Å². The summed E-state index contributed by atoms with van der Waals surface area (Å²) < 4.78 is 31.5. The fourth-order valence-electron chi connectivity index (χ4n) is 2.35. The smallest absolute Gasteiger partial charge is 0.246 e. The molecule has 1 aromatic heterocycles. The number of Topliss-reactive ketones (excluding diaryl/α,β-unsaturated/α-hetero) is 1. The van der Waals surface area contributed by atoms with Crippen LogP contribution in [0.5, 0.6) is 0 Å². The minimum absolute atomic E-state index is 0.0130. The minimum Gasteiger partial charge on any atom is -0.347 e. The van der Waals surface area contributed by atoms with Crippen molar-refractivity contribution in [1.82, 2.24) is 15.5 Å². The van der Waals surface area contributed by atoms with E-state index in [2.05, 4.69) is 15.5 Å². The van der Waals surface area contributed by atoms with Gasteiger partial charge in [-0.3, -0.25) is 9.59 Å². The van der Waals surface area contributed by atoms with Crippen LogP contribution in [0.15, 0.2) is 53.1 Å². The second kappa shape index (κ2) is 8.31. The van der Waals surface area contributed by atoms with Gasteiger partial charge in [-0.25, -0.2) is 8.78 Å². The maximum atomic E-state index is 13.5. The molecule has 1 heterocycles. The fraction of sp³-hybridized carbons (Fsp3) is 0.158. The van der Waals surface area contributed by atoms with Crippen molar-refractivity contribution in [2.45, 2.75) is 19.4 Å². The molecule has 0 aliphatic heterocycles. The quantitative estimate of drug-likeness (QED) is 0.644. The molecule has 0 saturated heterocycles. The molecular formula is C19H15F2N3O3. The molecule has 8 heteroatoms. The Labute approximate surface area is 153 Å². The molecule has 0 fully saturated rings. The highest BCUT2D eigenvalue weighted by Crippen LogP contribution is 2.16. The zero-order chi connectivity index (χ0) is 19.2. The molecule has 0 saturated carbocycles. The molecule has 2 aromatic carbocycles. The van der Waals surface area contributed by atoms with Crippen LogP contribution in [0.4, 0.5) is 8.78 Å². The number of carbonyl (C=O) groups is 2. The molecule has 6 nitrogen and oxygen atoms in total. The molecule has 0 radical (unpaired) electrons. The molecule has 0 bridgehead atoms. The van der Waals surface area contributed by atoms with Crippen LogP contribution in [-0.4, -0.2) is 21.8 Å². The van der Waals surface area contributed by atoms with E-state index in [0.717, 1.165) is 0 Å². The lowest BCUT2D eigenvalue weighted by Gasteiger charge is -2.03. The molecule has 3 aromatic rings. The van der Waals surface area contributed by atoms with Crippen molar-refractivity contribution in [1.29, 1.82) is 0 Å². The third-order valence-electron chi connectivity index (χ3n) is 3.76. The van der Waals surface area contributed by atoms with Gasteiger partial charge in [0, 0.05) is 18.4 Å². The summed E-state index contributed by atoms with van der Waals surface area (Å²) in [7, 11) is 0. The van der Waals surface area contributed by atoms with Crippen LogP contribution < -0.4 is 5.32 Å². The maximum Gasteiger partial charge on any atom is 0.246 e. The van der Waals surface area contributed by atoms with Crippen molar-refractivity contribution in [2.75, 3.05) is 0 Å². The molecular weight excluding hydrogens is 356 g/mol. The first-order valence-corrected chi connectivity index (χ1v) is 8.16. The summed E-state index contributed by atoms with van der Waals surface area (Å²) >= 11 is 0. The zero-order valence-electron chi connectivity index (χ0n) is 14.1. The first-order chi connectivity index (χ1) is 13.0. The highest BCUT2D eigenvalue weighted by Gasteiger charge is 2.14. The molecule has 27 heavy (non-hydrogen) atoms. The van der Waals surface area contributed by atoms with Gasteiger partial charge in [-0.1, -0.05) is 17.3 Å². The summed E-state index contributed by atoms with van der Waals surface area (Å²) in [5.41, 5.74) is 0.541. The Bertz CT molecular complexity index is 955. The summed E-state index contributed by atoms with van der Waals surface area (Å²) in [6, 6.07) is 11.2. The van der Waals surface area contributed by atoms with Gasteiger partial charge < -0.3 is 9.84 Å². The Kier molecular flexibility index (Phi) is 5.65. The van der Waals surface area contributed by atoms with Crippen LogP contribution >= 0.6 is 0 Å². The van der Waals surface area contributed by atoms with E-state index in [9.17, 15) is 18.4 Å². The number of hydrogen-bond acceptors (Lipinski definition) is 5. The van der Waals surface area contributed by atoms with E-state index in [4.69, 9.17) is 4.52 Å². The van der Waals surface area contributed by atoms with Crippen molar-refractivity contribution in [3.63, 3.8) is 0 Å². The molecule has 0 atom stereocenters. The largest absolute Gasteiger partial charge is 0.347 e. The monoisotopic (exact) mass is 371 g/mol. The number of rotatable bonds is 7. The lowest BCUT2D eigenvalue weighted by molar-refractivity contribution is -0.121. The summed E-state index contributed by atoms with van der Waals surface area (Å²) in [4.78, 5) is 27.9. The normalized spacial score (nSPS) is 10.6. The van der Waals surface area contributed by atoms with Gasteiger partial charge in [0.15, 0.2) is 5.78 Å². The van der Waals surface area contributed by atoms with E-state index < -0.39 is 17.5 Å². The first kappa shape index (κ1) is 18.4. The van der Waals surface area contributed by atoms with Gasteiger partial charge in [0.25, 0.3) is 0 Å². The van der Waals surface area contributed by atoms with Crippen molar-refractivity contribution >= 4 is 11.7 Å². The lowest BCUT2D eigenvalue weighted by Crippen LogP contribution is -2.23. The summed E-state index contributed by atoms with van der Waals surface area (Å²) in [5, 5.41) is 6.32. The second-order valence-corrected chi connectivity index (χ2v) is 5.70. The molecule has 0 aliphatic rings. The third kappa shape index (κ3) is 4.81. The predicted octanol–water partition coefficient (Wildman–Crippen LogP) is 3.29. The van der Waals surface area contributed by atoms with Gasteiger partial charge in [0.2, 0.25) is 17.6 Å².